The second-order valence-corrected chi connectivity index (χ2v) is 5.02. The summed E-state index contributed by atoms with van der Waals surface area (Å²) in [4.78, 5) is 14.3. The Hall–Kier alpha value is -1.79. The molecule has 0 atom stereocenters. The van der Waals surface area contributed by atoms with Crippen molar-refractivity contribution in [1.82, 2.24) is 4.90 Å². The van der Waals surface area contributed by atoms with E-state index in [1.165, 1.54) is 0 Å². The Bertz CT molecular complexity index is 505. The SMILES string of the molecule is CC1CCN(C(=O)c2cccc(C#CCO)c2)CC1. The van der Waals surface area contributed by atoms with Gasteiger partial charge >= 0.3 is 0 Å². The molecule has 3 heteroatoms. The van der Waals surface area contributed by atoms with E-state index >= 15 is 0 Å². The van der Waals surface area contributed by atoms with E-state index in [0.717, 1.165) is 31.5 Å². The second-order valence-electron chi connectivity index (χ2n) is 5.02. The minimum absolute atomic E-state index is 0.0829. The van der Waals surface area contributed by atoms with E-state index in [0.29, 0.717) is 11.5 Å². The number of rotatable bonds is 1. The first-order valence-corrected chi connectivity index (χ1v) is 6.70. The third-order valence-corrected chi connectivity index (χ3v) is 3.49. The molecule has 0 radical (unpaired) electrons. The van der Waals surface area contributed by atoms with Gasteiger partial charge in [-0.25, -0.2) is 0 Å². The molecule has 1 aliphatic heterocycles. The van der Waals surface area contributed by atoms with Crippen molar-refractivity contribution in [2.24, 2.45) is 5.92 Å². The monoisotopic (exact) mass is 257 g/mol. The molecule has 2 rings (SSSR count). The van der Waals surface area contributed by atoms with Crippen LogP contribution >= 0.6 is 0 Å². The zero-order valence-corrected chi connectivity index (χ0v) is 11.2. The van der Waals surface area contributed by atoms with E-state index in [1.807, 2.05) is 23.1 Å². The van der Waals surface area contributed by atoms with Crippen LogP contribution in [0.2, 0.25) is 0 Å². The molecule has 1 aromatic carbocycles. The highest BCUT2D eigenvalue weighted by Crippen LogP contribution is 2.18. The second kappa shape index (κ2) is 6.40. The van der Waals surface area contributed by atoms with Crippen LogP contribution in [-0.2, 0) is 0 Å². The summed E-state index contributed by atoms with van der Waals surface area (Å²) in [5.41, 5.74) is 1.45. The molecule has 1 fully saturated rings. The molecule has 1 N–H and O–H groups in total. The van der Waals surface area contributed by atoms with Gasteiger partial charge in [0.2, 0.25) is 0 Å². The van der Waals surface area contributed by atoms with E-state index < -0.39 is 0 Å². The van der Waals surface area contributed by atoms with Crippen molar-refractivity contribution in [3.8, 4) is 11.8 Å². The van der Waals surface area contributed by atoms with E-state index in [4.69, 9.17) is 5.11 Å². The Labute approximate surface area is 114 Å². The van der Waals surface area contributed by atoms with Crippen molar-refractivity contribution < 1.29 is 9.90 Å². The quantitative estimate of drug-likeness (QED) is 0.781. The van der Waals surface area contributed by atoms with Crippen LogP contribution in [-0.4, -0.2) is 35.6 Å². The molecule has 0 bridgehead atoms. The van der Waals surface area contributed by atoms with Crippen molar-refractivity contribution in [3.63, 3.8) is 0 Å². The van der Waals surface area contributed by atoms with Crippen LogP contribution in [0.25, 0.3) is 0 Å². The highest BCUT2D eigenvalue weighted by Gasteiger charge is 2.21. The molecule has 0 saturated carbocycles. The van der Waals surface area contributed by atoms with Crippen LogP contribution in [0.3, 0.4) is 0 Å². The van der Waals surface area contributed by atoms with Gasteiger partial charge in [-0.1, -0.05) is 24.8 Å². The maximum atomic E-state index is 12.4. The Morgan fingerprint density at radius 1 is 1.42 bits per heavy atom. The number of likely N-dealkylation sites (tertiary alicyclic amines) is 1. The van der Waals surface area contributed by atoms with Gasteiger partial charge in [0.15, 0.2) is 0 Å². The molecule has 0 spiro atoms. The lowest BCUT2D eigenvalue weighted by Gasteiger charge is -2.30. The number of hydrogen-bond donors (Lipinski definition) is 1. The number of nitrogens with zero attached hydrogens (tertiary/aromatic N) is 1. The van der Waals surface area contributed by atoms with Gasteiger partial charge < -0.3 is 10.0 Å². The van der Waals surface area contributed by atoms with Crippen LogP contribution in [0.4, 0.5) is 0 Å². The number of carbonyl (C=O) groups is 1. The van der Waals surface area contributed by atoms with Gasteiger partial charge in [0, 0.05) is 24.2 Å². The Morgan fingerprint density at radius 2 is 2.16 bits per heavy atom. The third-order valence-electron chi connectivity index (χ3n) is 3.49. The Morgan fingerprint density at radius 3 is 2.84 bits per heavy atom. The average molecular weight is 257 g/mol. The van der Waals surface area contributed by atoms with Gasteiger partial charge in [-0.2, -0.15) is 0 Å². The van der Waals surface area contributed by atoms with Gasteiger partial charge in [-0.15, -0.1) is 0 Å². The summed E-state index contributed by atoms with van der Waals surface area (Å²) in [6.45, 7) is 3.74. The number of hydrogen-bond acceptors (Lipinski definition) is 2. The van der Waals surface area contributed by atoms with Gasteiger partial charge in [-0.3, -0.25) is 4.79 Å². The maximum absolute atomic E-state index is 12.4. The van der Waals surface area contributed by atoms with Crippen molar-refractivity contribution in [2.45, 2.75) is 19.8 Å². The first kappa shape index (κ1) is 13.6. The molecule has 1 heterocycles. The normalized spacial score (nSPS) is 15.8. The summed E-state index contributed by atoms with van der Waals surface area (Å²) >= 11 is 0. The number of piperidine rings is 1. The highest BCUT2D eigenvalue weighted by molar-refractivity contribution is 5.94. The fourth-order valence-corrected chi connectivity index (χ4v) is 2.27. The maximum Gasteiger partial charge on any atom is 0.253 e. The molecule has 19 heavy (non-hydrogen) atoms. The molecule has 1 saturated heterocycles. The molecule has 100 valence electrons. The van der Waals surface area contributed by atoms with Gasteiger partial charge in [-0.05, 0) is 37.0 Å². The lowest BCUT2D eigenvalue weighted by Crippen LogP contribution is -2.37. The van der Waals surface area contributed by atoms with Crippen LogP contribution in [0, 0.1) is 17.8 Å². The zero-order chi connectivity index (χ0) is 13.7. The smallest absolute Gasteiger partial charge is 0.253 e. The Kier molecular flexibility index (Phi) is 4.59. The average Bonchev–Trinajstić information content (AvgIpc) is 2.45. The number of carbonyl (C=O) groups excluding carboxylic acids is 1. The lowest BCUT2D eigenvalue weighted by atomic mass is 9.98. The van der Waals surface area contributed by atoms with Crippen molar-refractivity contribution in [1.29, 1.82) is 0 Å². The number of amides is 1. The molecule has 1 amide bonds. The topological polar surface area (TPSA) is 40.5 Å². The predicted molar refractivity (Wildman–Crippen MR) is 74.7 cm³/mol. The van der Waals surface area contributed by atoms with Gasteiger partial charge in [0.05, 0.1) is 0 Å². The molecule has 0 aliphatic carbocycles. The summed E-state index contributed by atoms with van der Waals surface area (Å²) in [6, 6.07) is 7.30. The van der Waals surface area contributed by atoms with Gasteiger partial charge in [0.1, 0.15) is 6.61 Å². The fourth-order valence-electron chi connectivity index (χ4n) is 2.27. The van der Waals surface area contributed by atoms with Crippen LogP contribution in [0.5, 0.6) is 0 Å². The van der Waals surface area contributed by atoms with Crippen LogP contribution < -0.4 is 0 Å². The third kappa shape index (κ3) is 3.59. The van der Waals surface area contributed by atoms with Crippen LogP contribution in [0.1, 0.15) is 35.7 Å². The molecular weight excluding hydrogens is 238 g/mol. The standard InChI is InChI=1S/C16H19NO2/c1-13-7-9-17(10-8-13)16(19)15-6-2-4-14(12-15)5-3-11-18/h2,4,6,12-13,18H,7-11H2,1H3. The van der Waals surface area contributed by atoms with E-state index in [9.17, 15) is 4.79 Å². The Balaban J connectivity index is 2.10. The summed E-state index contributed by atoms with van der Waals surface area (Å²) in [5, 5.41) is 8.69. The minimum Gasteiger partial charge on any atom is -0.384 e. The van der Waals surface area contributed by atoms with Gasteiger partial charge in [0.25, 0.3) is 5.91 Å². The first-order valence-electron chi connectivity index (χ1n) is 6.70. The lowest BCUT2D eigenvalue weighted by molar-refractivity contribution is 0.0697. The predicted octanol–water partition coefficient (Wildman–Crippen LogP) is 1.90. The fraction of sp³-hybridized carbons (Fsp3) is 0.438. The summed E-state index contributed by atoms with van der Waals surface area (Å²) < 4.78 is 0. The largest absolute Gasteiger partial charge is 0.384 e. The summed E-state index contributed by atoms with van der Waals surface area (Å²) in [5.74, 6) is 6.22. The summed E-state index contributed by atoms with van der Waals surface area (Å²) in [7, 11) is 0. The van der Waals surface area contributed by atoms with E-state index in [1.54, 1.807) is 6.07 Å². The summed E-state index contributed by atoms with van der Waals surface area (Å²) in [6.07, 6.45) is 2.16. The molecular formula is C16H19NO2. The minimum atomic E-state index is -0.164. The number of aliphatic hydroxyl groups is 1. The first-order chi connectivity index (χ1) is 9.20. The number of benzene rings is 1. The van der Waals surface area contributed by atoms with E-state index in [-0.39, 0.29) is 12.5 Å². The highest BCUT2D eigenvalue weighted by atomic mass is 16.2. The van der Waals surface area contributed by atoms with Crippen LogP contribution in [0.15, 0.2) is 24.3 Å². The molecule has 0 unspecified atom stereocenters. The zero-order valence-electron chi connectivity index (χ0n) is 11.2. The molecule has 1 aliphatic rings. The van der Waals surface area contributed by atoms with Crippen molar-refractivity contribution in [2.75, 3.05) is 19.7 Å². The molecule has 3 nitrogen and oxygen atoms in total. The molecule has 1 aromatic rings. The van der Waals surface area contributed by atoms with Crippen molar-refractivity contribution >= 4 is 5.91 Å². The van der Waals surface area contributed by atoms with E-state index in [2.05, 4.69) is 18.8 Å². The van der Waals surface area contributed by atoms with Crippen molar-refractivity contribution in [3.05, 3.63) is 35.4 Å². The molecule has 0 aromatic heterocycles. The number of aliphatic hydroxyl groups excluding tert-OH is 1.